The van der Waals surface area contributed by atoms with Crippen molar-refractivity contribution in [1.29, 1.82) is 0 Å². The molecule has 5 heteroatoms. The molecule has 0 heterocycles. The molecule has 0 aliphatic carbocycles. The number of hydrogen-bond acceptors (Lipinski definition) is 2. The number of carbonyl (C=O) groups is 1. The maximum absolute atomic E-state index is 12.1. The van der Waals surface area contributed by atoms with E-state index in [9.17, 15) is 18.0 Å². The zero-order chi connectivity index (χ0) is 14.0. The van der Waals surface area contributed by atoms with Crippen LogP contribution in [-0.4, -0.2) is 12.1 Å². The Balaban J connectivity index is 2.32. The molecule has 0 aliphatic heterocycles. The Morgan fingerprint density at radius 3 is 2.37 bits per heavy atom. The van der Waals surface area contributed by atoms with E-state index in [4.69, 9.17) is 0 Å². The zero-order valence-electron chi connectivity index (χ0n) is 9.70. The summed E-state index contributed by atoms with van der Waals surface area (Å²) in [4.78, 5) is 10.7. The van der Waals surface area contributed by atoms with Gasteiger partial charge in [0.25, 0.3) is 0 Å². The first-order chi connectivity index (χ1) is 8.90. The third kappa shape index (κ3) is 2.93. The lowest BCUT2D eigenvalue weighted by molar-refractivity contribution is -0.189. The van der Waals surface area contributed by atoms with Crippen LogP contribution < -0.4 is 4.74 Å². The Morgan fingerprint density at radius 1 is 1.11 bits per heavy atom. The molecule has 0 N–H and O–H groups in total. The highest BCUT2D eigenvalue weighted by atomic mass is 19.4. The molecule has 0 saturated heterocycles. The van der Waals surface area contributed by atoms with Crippen molar-refractivity contribution in [3.05, 3.63) is 48.5 Å². The van der Waals surface area contributed by atoms with E-state index in [1.807, 2.05) is 6.07 Å². The van der Waals surface area contributed by atoms with E-state index in [0.717, 1.165) is 10.9 Å². The van der Waals surface area contributed by atoms with Crippen molar-refractivity contribution in [3.63, 3.8) is 0 Å². The van der Waals surface area contributed by atoms with Crippen molar-refractivity contribution in [3.8, 4) is 5.75 Å². The number of benzene rings is 2. The number of rotatable bonds is 2. The van der Waals surface area contributed by atoms with Gasteiger partial charge in [-0.25, -0.2) is 4.79 Å². The van der Waals surface area contributed by atoms with E-state index in [2.05, 4.69) is 11.3 Å². The molecule has 0 amide bonds. The van der Waals surface area contributed by atoms with Crippen LogP contribution in [0.2, 0.25) is 0 Å². The minimum absolute atomic E-state index is 0.138. The summed E-state index contributed by atoms with van der Waals surface area (Å²) in [6, 6.07) is 9.60. The van der Waals surface area contributed by atoms with Gasteiger partial charge in [0.1, 0.15) is 5.75 Å². The Morgan fingerprint density at radius 2 is 1.74 bits per heavy atom. The van der Waals surface area contributed by atoms with Gasteiger partial charge >= 0.3 is 12.1 Å². The van der Waals surface area contributed by atoms with Crippen molar-refractivity contribution in [2.75, 3.05) is 0 Å². The third-order valence-corrected chi connectivity index (χ3v) is 2.51. The molecular weight excluding hydrogens is 257 g/mol. The predicted octanol–water partition coefficient (Wildman–Crippen LogP) is 3.95. The first-order valence-corrected chi connectivity index (χ1v) is 5.35. The summed E-state index contributed by atoms with van der Waals surface area (Å²) in [5.74, 6) is -2.37. The lowest BCUT2D eigenvalue weighted by Gasteiger charge is -2.08. The van der Waals surface area contributed by atoms with Crippen molar-refractivity contribution in [2.24, 2.45) is 0 Å². The zero-order valence-corrected chi connectivity index (χ0v) is 9.70. The second kappa shape index (κ2) is 4.76. The quantitative estimate of drug-likeness (QED) is 0.607. The van der Waals surface area contributed by atoms with Crippen molar-refractivity contribution in [2.45, 2.75) is 6.18 Å². The number of fused-ring (bicyclic) bond motifs is 1. The molecule has 2 rings (SSSR count). The molecule has 0 aromatic heterocycles. The molecule has 2 aromatic carbocycles. The van der Waals surface area contributed by atoms with Gasteiger partial charge in [0.2, 0.25) is 0 Å². The second-order valence-corrected chi connectivity index (χ2v) is 3.86. The molecule has 0 bridgehead atoms. The third-order valence-electron chi connectivity index (χ3n) is 2.51. The average molecular weight is 266 g/mol. The summed E-state index contributed by atoms with van der Waals surface area (Å²) in [6.07, 6.45) is -3.33. The normalized spacial score (nSPS) is 11.3. The van der Waals surface area contributed by atoms with Crippen LogP contribution in [0.15, 0.2) is 43.0 Å². The molecule has 0 atom stereocenters. The topological polar surface area (TPSA) is 26.3 Å². The summed E-state index contributed by atoms with van der Waals surface area (Å²) >= 11 is 0. The van der Waals surface area contributed by atoms with Crippen LogP contribution in [0, 0.1) is 0 Å². The first kappa shape index (κ1) is 13.1. The Hall–Kier alpha value is -2.30. The predicted molar refractivity (Wildman–Crippen MR) is 65.7 cm³/mol. The highest BCUT2D eigenvalue weighted by molar-refractivity contribution is 5.87. The highest BCUT2D eigenvalue weighted by Gasteiger charge is 2.41. The number of hydrogen-bond donors (Lipinski definition) is 0. The van der Waals surface area contributed by atoms with Crippen LogP contribution in [0.3, 0.4) is 0 Å². The van der Waals surface area contributed by atoms with Gasteiger partial charge in [0, 0.05) is 0 Å². The van der Waals surface area contributed by atoms with Gasteiger partial charge in [-0.1, -0.05) is 30.9 Å². The number of halogens is 3. The van der Waals surface area contributed by atoms with Crippen LogP contribution >= 0.6 is 0 Å². The van der Waals surface area contributed by atoms with E-state index < -0.39 is 12.1 Å². The van der Waals surface area contributed by atoms with Gasteiger partial charge in [-0.15, -0.1) is 0 Å². The van der Waals surface area contributed by atoms with Crippen molar-refractivity contribution < 1.29 is 22.7 Å². The molecule has 0 fully saturated rings. The molecule has 2 aromatic rings. The Kier molecular flexibility index (Phi) is 3.29. The van der Waals surface area contributed by atoms with E-state index >= 15 is 0 Å². The lowest BCUT2D eigenvalue weighted by Crippen LogP contribution is -2.27. The number of alkyl halides is 3. The SMILES string of the molecule is C=Cc1ccc2cc(OC(=O)C(F)(F)F)ccc2c1. The summed E-state index contributed by atoms with van der Waals surface area (Å²) in [5, 5.41) is 1.50. The Bertz CT molecular complexity index is 645. The number of carbonyl (C=O) groups excluding carboxylic acids is 1. The molecule has 19 heavy (non-hydrogen) atoms. The second-order valence-electron chi connectivity index (χ2n) is 3.86. The first-order valence-electron chi connectivity index (χ1n) is 5.35. The number of ether oxygens (including phenoxy) is 1. The smallest absolute Gasteiger partial charge is 0.420 e. The lowest BCUT2D eigenvalue weighted by atomic mass is 10.1. The van der Waals surface area contributed by atoms with Gasteiger partial charge in [-0.3, -0.25) is 0 Å². The molecule has 0 spiro atoms. The average Bonchev–Trinajstić information content (AvgIpc) is 2.37. The summed E-state index contributed by atoms with van der Waals surface area (Å²) in [7, 11) is 0. The van der Waals surface area contributed by atoms with Crippen molar-refractivity contribution in [1.82, 2.24) is 0 Å². The molecule has 0 saturated carbocycles. The van der Waals surface area contributed by atoms with Crippen LogP contribution in [0.1, 0.15) is 5.56 Å². The summed E-state index contributed by atoms with van der Waals surface area (Å²) in [5.41, 5.74) is 0.896. The monoisotopic (exact) mass is 266 g/mol. The van der Waals surface area contributed by atoms with Crippen LogP contribution in [0.5, 0.6) is 5.75 Å². The van der Waals surface area contributed by atoms with Crippen LogP contribution in [0.4, 0.5) is 13.2 Å². The Labute approximate surface area is 107 Å². The fraction of sp³-hybridized carbons (Fsp3) is 0.0714. The highest BCUT2D eigenvalue weighted by Crippen LogP contribution is 2.25. The van der Waals surface area contributed by atoms with Gasteiger partial charge in [0.05, 0.1) is 0 Å². The fourth-order valence-corrected chi connectivity index (χ4v) is 1.60. The van der Waals surface area contributed by atoms with Gasteiger partial charge < -0.3 is 4.74 Å². The molecule has 2 nitrogen and oxygen atoms in total. The van der Waals surface area contributed by atoms with Gasteiger partial charge in [0.15, 0.2) is 0 Å². The summed E-state index contributed by atoms with van der Waals surface area (Å²) < 4.78 is 40.4. The van der Waals surface area contributed by atoms with E-state index in [1.165, 1.54) is 12.1 Å². The van der Waals surface area contributed by atoms with Gasteiger partial charge in [-0.05, 0) is 34.5 Å². The van der Waals surface area contributed by atoms with Gasteiger partial charge in [-0.2, -0.15) is 13.2 Å². The molecule has 98 valence electrons. The fourth-order valence-electron chi connectivity index (χ4n) is 1.60. The molecule has 0 radical (unpaired) electrons. The van der Waals surface area contributed by atoms with Crippen LogP contribution in [-0.2, 0) is 4.79 Å². The van der Waals surface area contributed by atoms with E-state index in [1.54, 1.807) is 24.3 Å². The molecule has 0 aliphatic rings. The minimum Gasteiger partial charge on any atom is -0.420 e. The standard InChI is InChI=1S/C14H9F3O2/c1-2-9-3-4-11-8-12(6-5-10(11)7-9)19-13(18)14(15,16)17/h2-8H,1H2. The van der Waals surface area contributed by atoms with E-state index in [-0.39, 0.29) is 5.75 Å². The van der Waals surface area contributed by atoms with E-state index in [0.29, 0.717) is 5.39 Å². The van der Waals surface area contributed by atoms with Crippen molar-refractivity contribution >= 4 is 22.8 Å². The molecule has 0 unspecified atom stereocenters. The number of esters is 1. The summed E-state index contributed by atoms with van der Waals surface area (Å²) in [6.45, 7) is 3.63. The van der Waals surface area contributed by atoms with Crippen LogP contribution in [0.25, 0.3) is 16.8 Å². The maximum Gasteiger partial charge on any atom is 0.491 e. The minimum atomic E-state index is -5.00. The maximum atomic E-state index is 12.1. The largest absolute Gasteiger partial charge is 0.491 e. The molecular formula is C14H9F3O2.